The van der Waals surface area contributed by atoms with Crippen molar-refractivity contribution in [2.75, 3.05) is 17.7 Å². The Hall–Kier alpha value is -4.63. The first kappa shape index (κ1) is 29.4. The van der Waals surface area contributed by atoms with Gasteiger partial charge in [0, 0.05) is 22.9 Å². The van der Waals surface area contributed by atoms with Crippen LogP contribution in [0.2, 0.25) is 0 Å². The fourth-order valence-electron chi connectivity index (χ4n) is 3.41. The molecular weight excluding hydrogens is 602 g/mol. The molecule has 0 saturated heterocycles. The van der Waals surface area contributed by atoms with Crippen molar-refractivity contribution in [2.45, 2.75) is 14.9 Å². The van der Waals surface area contributed by atoms with Gasteiger partial charge in [0.2, 0.25) is 0 Å². The number of aromatic nitrogens is 2. The molecule has 0 bridgehead atoms. The van der Waals surface area contributed by atoms with Gasteiger partial charge < -0.3 is 11.5 Å². The zero-order chi connectivity index (χ0) is 30.1. The maximum Gasteiger partial charge on any atom is 0.297 e. The molecule has 4 aromatic rings. The molecule has 0 unspecified atom stereocenters. The molecule has 0 atom stereocenters. The first-order chi connectivity index (χ1) is 19.2. The fourth-order valence-corrected chi connectivity index (χ4v) is 4.94. The molecule has 0 fully saturated rings. The lowest BCUT2D eigenvalue weighted by atomic mass is 10.1. The van der Waals surface area contributed by atoms with Gasteiger partial charge in [0.15, 0.2) is 22.5 Å². The van der Waals surface area contributed by atoms with E-state index < -0.39 is 46.3 Å². The first-order valence-corrected chi connectivity index (χ1v) is 14.9. The molecule has 0 aliphatic heterocycles. The third-order valence-corrected chi connectivity index (χ3v) is 7.58. The number of nitrogens with two attached hydrogens (primary N) is 2. The van der Waals surface area contributed by atoms with E-state index in [2.05, 4.69) is 30.4 Å². The number of nitrogens with zero attached hydrogens (tertiary/aromatic N) is 7. The zero-order valence-electron chi connectivity index (χ0n) is 20.5. The van der Waals surface area contributed by atoms with Crippen LogP contribution in [0.15, 0.2) is 83.9 Å². The minimum atomic E-state index is -4.92. The van der Waals surface area contributed by atoms with Crippen molar-refractivity contribution in [3.05, 3.63) is 58.6 Å². The van der Waals surface area contributed by atoms with Crippen LogP contribution in [0.4, 0.5) is 40.1 Å². The lowest BCUT2D eigenvalue weighted by molar-refractivity contribution is -0.385. The van der Waals surface area contributed by atoms with E-state index >= 15 is 0 Å². The molecule has 0 aliphatic rings. The standard InChI is InChI=1S/C21H17N9O8S3/c1-39-21-24-19(22)18(20(23)25-21)29-27-15-7-6-14(12-4-3-11(9-13(12)15)40(33,34)35)26-28-16-5-2-10(30(31)32)8-17(16)41(36,37)38/h2-9H,1H3,(H,33,34,35)(H,36,37,38)(H4,22,23,24,25). The number of benzene rings is 3. The molecule has 0 amide bonds. The monoisotopic (exact) mass is 619 g/mol. The highest BCUT2D eigenvalue weighted by atomic mass is 32.2. The molecule has 17 nitrogen and oxygen atoms in total. The quantitative estimate of drug-likeness (QED) is 0.0518. The summed E-state index contributed by atoms with van der Waals surface area (Å²) < 4.78 is 66.3. The average molecular weight is 620 g/mol. The van der Waals surface area contributed by atoms with E-state index in [1.807, 2.05) is 0 Å². The van der Waals surface area contributed by atoms with Crippen LogP contribution in [0.1, 0.15) is 0 Å². The Labute approximate surface area is 235 Å². The molecule has 20 heteroatoms. The van der Waals surface area contributed by atoms with E-state index in [-0.39, 0.29) is 39.5 Å². The summed E-state index contributed by atoms with van der Waals surface area (Å²) in [6.45, 7) is 0. The number of fused-ring (bicyclic) bond motifs is 1. The SMILES string of the molecule is CSc1nc(N)c(N=Nc2ccc(N=Nc3ccc([N+](=O)[O-])cc3S(=O)(=O)O)c3ccc(S(=O)(=O)O)cc23)c(N)n1. The Kier molecular flexibility index (Phi) is 7.94. The van der Waals surface area contributed by atoms with Gasteiger partial charge in [-0.05, 0) is 36.6 Å². The van der Waals surface area contributed by atoms with Gasteiger partial charge >= 0.3 is 0 Å². The summed E-state index contributed by atoms with van der Waals surface area (Å²) in [6, 6.07) is 8.76. The molecule has 0 spiro atoms. The molecule has 1 aromatic heterocycles. The Morgan fingerprint density at radius 3 is 1.93 bits per heavy atom. The van der Waals surface area contributed by atoms with Gasteiger partial charge in [-0.3, -0.25) is 19.2 Å². The van der Waals surface area contributed by atoms with Crippen LogP contribution in [-0.2, 0) is 20.2 Å². The maximum absolute atomic E-state index is 11.8. The van der Waals surface area contributed by atoms with Crippen molar-refractivity contribution in [1.82, 2.24) is 9.97 Å². The highest BCUT2D eigenvalue weighted by Crippen LogP contribution is 2.38. The second kappa shape index (κ2) is 11.1. The van der Waals surface area contributed by atoms with Gasteiger partial charge in [-0.2, -0.15) is 16.8 Å². The summed E-state index contributed by atoms with van der Waals surface area (Å²) in [4.78, 5) is 16.9. The Bertz CT molecular complexity index is 1980. The highest BCUT2D eigenvalue weighted by Gasteiger charge is 2.21. The van der Waals surface area contributed by atoms with Crippen molar-refractivity contribution in [1.29, 1.82) is 0 Å². The van der Waals surface area contributed by atoms with Crippen LogP contribution in [0.25, 0.3) is 10.8 Å². The smallest absolute Gasteiger partial charge is 0.297 e. The molecule has 3 aromatic carbocycles. The van der Waals surface area contributed by atoms with Gasteiger partial charge in [0.1, 0.15) is 10.6 Å². The number of rotatable bonds is 8. The number of nitro groups is 1. The molecule has 6 N–H and O–H groups in total. The van der Waals surface area contributed by atoms with E-state index in [1.54, 1.807) is 6.26 Å². The normalized spacial score (nSPS) is 12.5. The van der Waals surface area contributed by atoms with Crippen LogP contribution < -0.4 is 11.5 Å². The molecule has 0 aliphatic carbocycles. The van der Waals surface area contributed by atoms with Crippen LogP contribution >= 0.6 is 11.8 Å². The third-order valence-electron chi connectivity index (χ3n) is 5.30. The summed E-state index contributed by atoms with van der Waals surface area (Å²) in [5.41, 5.74) is 10.9. The molecule has 41 heavy (non-hydrogen) atoms. The number of nitrogen functional groups attached to an aromatic ring is 2. The van der Waals surface area contributed by atoms with E-state index in [9.17, 15) is 36.1 Å². The molecule has 1 heterocycles. The van der Waals surface area contributed by atoms with Crippen molar-refractivity contribution < 1.29 is 30.9 Å². The summed E-state index contributed by atoms with van der Waals surface area (Å²) in [5.74, 6) is -0.117. The molecule has 4 rings (SSSR count). The van der Waals surface area contributed by atoms with Crippen LogP contribution in [-0.4, -0.2) is 47.1 Å². The molecule has 0 saturated carbocycles. The predicted octanol–water partition coefficient (Wildman–Crippen LogP) is 4.75. The lowest BCUT2D eigenvalue weighted by Crippen LogP contribution is -2.00. The van der Waals surface area contributed by atoms with Gasteiger partial charge in [0.05, 0.1) is 21.2 Å². The molecule has 0 radical (unpaired) electrons. The average Bonchev–Trinajstić information content (AvgIpc) is 2.90. The summed E-state index contributed by atoms with van der Waals surface area (Å²) in [6.07, 6.45) is 1.72. The zero-order valence-corrected chi connectivity index (χ0v) is 22.9. The third kappa shape index (κ3) is 6.41. The van der Waals surface area contributed by atoms with Crippen LogP contribution in [0, 0.1) is 10.1 Å². The minimum absolute atomic E-state index is 0.0402. The Morgan fingerprint density at radius 2 is 1.37 bits per heavy atom. The van der Waals surface area contributed by atoms with E-state index in [0.717, 1.165) is 24.3 Å². The predicted molar refractivity (Wildman–Crippen MR) is 148 cm³/mol. The summed E-state index contributed by atoms with van der Waals surface area (Å²) in [5, 5.41) is 27.6. The van der Waals surface area contributed by atoms with E-state index in [4.69, 9.17) is 11.5 Å². The number of thioether (sulfide) groups is 1. The van der Waals surface area contributed by atoms with Crippen LogP contribution in [0.5, 0.6) is 0 Å². The number of anilines is 2. The second-order valence-electron chi connectivity index (χ2n) is 7.90. The van der Waals surface area contributed by atoms with E-state index in [1.165, 1.54) is 30.0 Å². The number of nitro benzene ring substituents is 1. The number of azo groups is 2. The van der Waals surface area contributed by atoms with Crippen LogP contribution in [0.3, 0.4) is 0 Å². The first-order valence-electron chi connectivity index (χ1n) is 10.8. The van der Waals surface area contributed by atoms with Gasteiger partial charge in [-0.25, -0.2) is 9.97 Å². The van der Waals surface area contributed by atoms with Crippen molar-refractivity contribution >= 4 is 82.8 Å². The van der Waals surface area contributed by atoms with Gasteiger partial charge in [0.25, 0.3) is 25.9 Å². The second-order valence-corrected chi connectivity index (χ2v) is 11.5. The van der Waals surface area contributed by atoms with E-state index in [0.29, 0.717) is 11.2 Å². The van der Waals surface area contributed by atoms with Crippen molar-refractivity contribution in [3.63, 3.8) is 0 Å². The Morgan fingerprint density at radius 1 is 0.805 bits per heavy atom. The highest BCUT2D eigenvalue weighted by molar-refractivity contribution is 7.98. The maximum atomic E-state index is 11.8. The van der Waals surface area contributed by atoms with Gasteiger partial charge in [-0.15, -0.1) is 20.5 Å². The Balaban J connectivity index is 1.86. The van der Waals surface area contributed by atoms with Crippen molar-refractivity contribution in [2.24, 2.45) is 20.5 Å². The topological polar surface area (TPSA) is 279 Å². The summed E-state index contributed by atoms with van der Waals surface area (Å²) >= 11 is 1.20. The fraction of sp³-hybridized carbons (Fsp3) is 0.0476. The molecular formula is C21H17N9O8S3. The minimum Gasteiger partial charge on any atom is -0.382 e. The number of hydrogen-bond donors (Lipinski definition) is 4. The lowest BCUT2D eigenvalue weighted by Gasteiger charge is -2.08. The van der Waals surface area contributed by atoms with Gasteiger partial charge in [-0.1, -0.05) is 17.8 Å². The number of hydrogen-bond acceptors (Lipinski definition) is 15. The van der Waals surface area contributed by atoms with Crippen molar-refractivity contribution in [3.8, 4) is 0 Å². The largest absolute Gasteiger partial charge is 0.382 e. The molecule has 212 valence electrons. The number of non-ortho nitro benzene ring substituents is 1. The summed E-state index contributed by atoms with van der Waals surface area (Å²) in [7, 11) is -9.56.